The number of aliphatic hydroxyl groups is 1. The molecule has 4 N–H and O–H groups in total. The van der Waals surface area contributed by atoms with E-state index < -0.39 is 5.91 Å². The van der Waals surface area contributed by atoms with Crippen molar-refractivity contribution < 1.29 is 9.90 Å². The molecule has 2 atom stereocenters. The highest BCUT2D eigenvalue weighted by atomic mass is 16.3. The number of carbonyl (C=O) groups excluding carboxylic acids is 1. The molecule has 0 unspecified atom stereocenters. The largest absolute Gasteiger partial charge is 0.393 e. The lowest BCUT2D eigenvalue weighted by Crippen LogP contribution is -2.53. The molecule has 6 nitrogen and oxygen atoms in total. The van der Waals surface area contributed by atoms with Crippen LogP contribution in [0.2, 0.25) is 0 Å². The Kier molecular flexibility index (Phi) is 3.52. The first-order chi connectivity index (χ1) is 11.0. The van der Waals surface area contributed by atoms with Gasteiger partial charge in [0.25, 0.3) is 5.91 Å². The zero-order valence-electron chi connectivity index (χ0n) is 13.3. The fraction of sp³-hybridized carbons (Fsp3) is 0.706. The SMILES string of the molecule is NC(=O)c1cnc(N[C@@H]2CCC[C@@H](O)C2)nc1CC12CC(C1)C2. The van der Waals surface area contributed by atoms with E-state index in [2.05, 4.69) is 15.3 Å². The zero-order valence-corrected chi connectivity index (χ0v) is 13.3. The maximum Gasteiger partial charge on any atom is 0.252 e. The van der Waals surface area contributed by atoms with Crippen LogP contribution in [0.1, 0.15) is 61.0 Å². The first kappa shape index (κ1) is 14.9. The molecule has 124 valence electrons. The monoisotopic (exact) mass is 316 g/mol. The molecule has 23 heavy (non-hydrogen) atoms. The van der Waals surface area contributed by atoms with Crippen molar-refractivity contribution in [2.45, 2.75) is 63.5 Å². The summed E-state index contributed by atoms with van der Waals surface area (Å²) in [6, 6.07) is 0.195. The number of aliphatic hydroxyl groups excluding tert-OH is 1. The van der Waals surface area contributed by atoms with Gasteiger partial charge in [-0.25, -0.2) is 9.97 Å². The molecule has 4 saturated carbocycles. The summed E-state index contributed by atoms with van der Waals surface area (Å²) in [5, 5.41) is 13.1. The number of nitrogens with one attached hydrogen (secondary N) is 1. The van der Waals surface area contributed by atoms with E-state index in [0.29, 0.717) is 16.9 Å². The molecule has 0 radical (unpaired) electrons. The van der Waals surface area contributed by atoms with Gasteiger partial charge >= 0.3 is 0 Å². The highest BCUT2D eigenvalue weighted by Crippen LogP contribution is 2.65. The summed E-state index contributed by atoms with van der Waals surface area (Å²) in [4.78, 5) is 20.5. The molecular formula is C17H24N4O2. The lowest BCUT2D eigenvalue weighted by molar-refractivity contribution is -0.105. The number of nitrogens with two attached hydrogens (primary N) is 1. The summed E-state index contributed by atoms with van der Waals surface area (Å²) in [7, 11) is 0. The Morgan fingerprint density at radius 2 is 2.17 bits per heavy atom. The van der Waals surface area contributed by atoms with Gasteiger partial charge in [0.05, 0.1) is 17.4 Å². The van der Waals surface area contributed by atoms with Gasteiger partial charge in [-0.05, 0) is 62.7 Å². The maximum atomic E-state index is 11.7. The van der Waals surface area contributed by atoms with Gasteiger partial charge in [0, 0.05) is 12.2 Å². The Hall–Kier alpha value is -1.69. The van der Waals surface area contributed by atoms with Crippen LogP contribution in [0.3, 0.4) is 0 Å². The molecule has 0 aliphatic heterocycles. The number of rotatable bonds is 5. The number of hydrogen-bond acceptors (Lipinski definition) is 5. The first-order valence-corrected chi connectivity index (χ1v) is 8.63. The smallest absolute Gasteiger partial charge is 0.252 e. The fourth-order valence-electron chi connectivity index (χ4n) is 4.53. The maximum absolute atomic E-state index is 11.7. The second kappa shape index (κ2) is 5.44. The number of primary amides is 1. The fourth-order valence-corrected chi connectivity index (χ4v) is 4.53. The lowest BCUT2D eigenvalue weighted by Gasteiger charge is -2.62. The van der Waals surface area contributed by atoms with E-state index in [0.717, 1.165) is 43.7 Å². The van der Waals surface area contributed by atoms with Crippen LogP contribution >= 0.6 is 0 Å². The highest BCUT2D eigenvalue weighted by Gasteiger charge is 2.56. The minimum Gasteiger partial charge on any atom is -0.393 e. The van der Waals surface area contributed by atoms with Crippen LogP contribution in [0, 0.1) is 11.3 Å². The van der Waals surface area contributed by atoms with Gasteiger partial charge in [0.2, 0.25) is 5.95 Å². The number of anilines is 1. The summed E-state index contributed by atoms with van der Waals surface area (Å²) >= 11 is 0. The van der Waals surface area contributed by atoms with Gasteiger partial charge in [-0.15, -0.1) is 0 Å². The van der Waals surface area contributed by atoms with Crippen molar-refractivity contribution in [1.29, 1.82) is 0 Å². The zero-order chi connectivity index (χ0) is 16.0. The van der Waals surface area contributed by atoms with Crippen molar-refractivity contribution in [3.05, 3.63) is 17.5 Å². The average Bonchev–Trinajstić information content (AvgIpc) is 2.41. The van der Waals surface area contributed by atoms with E-state index in [1.54, 1.807) is 6.20 Å². The summed E-state index contributed by atoms with van der Waals surface area (Å²) in [6.45, 7) is 0. The van der Waals surface area contributed by atoms with Crippen molar-refractivity contribution in [2.75, 3.05) is 5.32 Å². The molecule has 5 rings (SSSR count). The number of amides is 1. The Morgan fingerprint density at radius 3 is 2.78 bits per heavy atom. The van der Waals surface area contributed by atoms with Crippen molar-refractivity contribution in [1.82, 2.24) is 9.97 Å². The third-order valence-corrected chi connectivity index (χ3v) is 5.82. The molecule has 4 aliphatic rings. The molecule has 1 amide bonds. The second-order valence-corrected chi connectivity index (χ2v) is 7.74. The summed E-state index contributed by atoms with van der Waals surface area (Å²) < 4.78 is 0. The van der Waals surface area contributed by atoms with Crippen molar-refractivity contribution in [3.8, 4) is 0 Å². The predicted molar refractivity (Wildman–Crippen MR) is 85.9 cm³/mol. The summed E-state index contributed by atoms with van der Waals surface area (Å²) in [5.74, 6) is 0.997. The van der Waals surface area contributed by atoms with Crippen molar-refractivity contribution >= 4 is 11.9 Å². The van der Waals surface area contributed by atoms with Crippen molar-refractivity contribution in [3.63, 3.8) is 0 Å². The molecule has 1 heterocycles. The standard InChI is InChI=1S/C17H24N4O2/c18-15(23)13-9-19-16(20-11-2-1-3-12(22)4-11)21-14(13)8-17-5-10(6-17)7-17/h9-12,22H,1-8H2,(H2,18,23)(H,19,20,21)/t10?,11-,12-,17?/m1/s1. The van der Waals surface area contributed by atoms with Crippen LogP contribution in [-0.4, -0.2) is 33.1 Å². The van der Waals surface area contributed by atoms with E-state index >= 15 is 0 Å². The minimum absolute atomic E-state index is 0.195. The van der Waals surface area contributed by atoms with Crippen LogP contribution in [0.4, 0.5) is 5.95 Å². The lowest BCUT2D eigenvalue weighted by atomic mass is 9.43. The Morgan fingerprint density at radius 1 is 1.39 bits per heavy atom. The molecule has 4 aliphatic carbocycles. The molecule has 0 spiro atoms. The number of aromatic nitrogens is 2. The van der Waals surface area contributed by atoms with Gasteiger partial charge < -0.3 is 16.2 Å². The molecule has 1 aromatic rings. The van der Waals surface area contributed by atoms with E-state index in [-0.39, 0.29) is 12.1 Å². The van der Waals surface area contributed by atoms with E-state index in [1.807, 2.05) is 0 Å². The van der Waals surface area contributed by atoms with Crippen LogP contribution in [0.15, 0.2) is 6.20 Å². The molecule has 0 saturated heterocycles. The van der Waals surface area contributed by atoms with Gasteiger partial charge in [-0.2, -0.15) is 0 Å². The Labute approximate surface area is 135 Å². The first-order valence-electron chi connectivity index (χ1n) is 8.63. The quantitative estimate of drug-likeness (QED) is 0.766. The van der Waals surface area contributed by atoms with E-state index in [1.165, 1.54) is 19.3 Å². The van der Waals surface area contributed by atoms with Crippen LogP contribution < -0.4 is 11.1 Å². The summed E-state index contributed by atoms with van der Waals surface area (Å²) in [6.07, 6.45) is 9.52. The molecule has 0 aromatic carbocycles. The molecule has 1 aromatic heterocycles. The third kappa shape index (κ3) is 2.80. The van der Waals surface area contributed by atoms with E-state index in [9.17, 15) is 9.90 Å². The molecule has 6 heteroatoms. The predicted octanol–water partition coefficient (Wildman–Crippen LogP) is 1.63. The second-order valence-electron chi connectivity index (χ2n) is 7.74. The van der Waals surface area contributed by atoms with E-state index in [4.69, 9.17) is 5.73 Å². The third-order valence-electron chi connectivity index (χ3n) is 5.82. The van der Waals surface area contributed by atoms with Gasteiger partial charge in [0.15, 0.2) is 0 Å². The number of carbonyl (C=O) groups is 1. The van der Waals surface area contributed by atoms with Crippen molar-refractivity contribution in [2.24, 2.45) is 17.1 Å². The Balaban J connectivity index is 1.52. The highest BCUT2D eigenvalue weighted by molar-refractivity contribution is 5.93. The Bertz CT molecular complexity index is 616. The van der Waals surface area contributed by atoms with Crippen LogP contribution in [0.25, 0.3) is 0 Å². The van der Waals surface area contributed by atoms with Crippen LogP contribution in [-0.2, 0) is 6.42 Å². The summed E-state index contributed by atoms with van der Waals surface area (Å²) in [5.41, 5.74) is 7.08. The average molecular weight is 316 g/mol. The number of nitrogens with zero attached hydrogens (tertiary/aromatic N) is 2. The van der Waals surface area contributed by atoms with Crippen LogP contribution in [0.5, 0.6) is 0 Å². The molecule has 2 bridgehead atoms. The topological polar surface area (TPSA) is 101 Å². The van der Waals surface area contributed by atoms with Gasteiger partial charge in [-0.3, -0.25) is 4.79 Å². The molecule has 4 fully saturated rings. The minimum atomic E-state index is -0.453. The number of hydrogen-bond donors (Lipinski definition) is 3. The normalized spacial score (nSPS) is 35.1. The van der Waals surface area contributed by atoms with Gasteiger partial charge in [-0.1, -0.05) is 0 Å². The molecular weight excluding hydrogens is 292 g/mol. The van der Waals surface area contributed by atoms with Gasteiger partial charge in [0.1, 0.15) is 0 Å².